The fourth-order valence-corrected chi connectivity index (χ4v) is 2.37. The van der Waals surface area contributed by atoms with Gasteiger partial charge in [0, 0.05) is 6.42 Å². The topological polar surface area (TPSA) is 83.6 Å². The maximum Gasteiger partial charge on any atom is 0.220 e. The minimum atomic E-state index is -0.176. The minimum Gasteiger partial charge on any atom is -0.346 e. The molecule has 1 aromatic rings. The summed E-state index contributed by atoms with van der Waals surface area (Å²) in [5.41, 5.74) is 0. The van der Waals surface area contributed by atoms with E-state index in [1.54, 1.807) is 0 Å². The second-order valence-electron chi connectivity index (χ2n) is 4.77. The molecule has 0 bridgehead atoms. The molecule has 0 aliphatic heterocycles. The van der Waals surface area contributed by atoms with E-state index in [-0.39, 0.29) is 11.9 Å². The third-order valence-electron chi connectivity index (χ3n) is 3.33. The third-order valence-corrected chi connectivity index (χ3v) is 3.33. The predicted molar refractivity (Wildman–Crippen MR) is 61.9 cm³/mol. The summed E-state index contributed by atoms with van der Waals surface area (Å²) in [5.74, 6) is 1.18. The predicted octanol–water partition coefficient (Wildman–Crippen LogP) is 1.35. The Balaban J connectivity index is 1.76. The van der Waals surface area contributed by atoms with Gasteiger partial charge in [-0.1, -0.05) is 24.5 Å². The number of amides is 1. The van der Waals surface area contributed by atoms with Gasteiger partial charge in [-0.05, 0) is 25.7 Å². The largest absolute Gasteiger partial charge is 0.346 e. The van der Waals surface area contributed by atoms with Crippen molar-refractivity contribution in [2.75, 3.05) is 0 Å². The standard InChI is InChI=1S/C11H19N5O/c1-8(11-13-15-16-14-11)12-10(17)7-9-5-3-2-4-6-9/h8-9H,2-7H2,1H3,(H,12,17)(H,13,14,15,16). The van der Waals surface area contributed by atoms with Crippen molar-refractivity contribution in [3.05, 3.63) is 5.82 Å². The van der Waals surface area contributed by atoms with Crippen LogP contribution in [0.2, 0.25) is 0 Å². The number of H-pyrrole nitrogens is 1. The first-order chi connectivity index (χ1) is 8.25. The van der Waals surface area contributed by atoms with Crippen LogP contribution in [0, 0.1) is 5.92 Å². The number of carbonyl (C=O) groups is 1. The molecule has 1 fully saturated rings. The molecule has 0 spiro atoms. The van der Waals surface area contributed by atoms with Crippen LogP contribution in [0.3, 0.4) is 0 Å². The van der Waals surface area contributed by atoms with E-state index >= 15 is 0 Å². The average molecular weight is 237 g/mol. The molecule has 2 N–H and O–H groups in total. The quantitative estimate of drug-likeness (QED) is 0.827. The average Bonchev–Trinajstić information content (AvgIpc) is 2.83. The van der Waals surface area contributed by atoms with Gasteiger partial charge in [-0.25, -0.2) is 0 Å². The fourth-order valence-electron chi connectivity index (χ4n) is 2.37. The minimum absolute atomic E-state index is 0.0919. The second-order valence-corrected chi connectivity index (χ2v) is 4.77. The number of rotatable bonds is 4. The van der Waals surface area contributed by atoms with Crippen molar-refractivity contribution in [3.63, 3.8) is 0 Å². The molecule has 0 radical (unpaired) electrons. The summed E-state index contributed by atoms with van der Waals surface area (Å²) in [7, 11) is 0. The maximum atomic E-state index is 11.8. The van der Waals surface area contributed by atoms with Crippen molar-refractivity contribution < 1.29 is 4.79 Å². The van der Waals surface area contributed by atoms with Gasteiger partial charge in [-0.3, -0.25) is 4.79 Å². The molecule has 17 heavy (non-hydrogen) atoms. The Morgan fingerprint density at radius 2 is 2.24 bits per heavy atom. The van der Waals surface area contributed by atoms with Gasteiger partial charge < -0.3 is 5.32 Å². The number of nitrogens with one attached hydrogen (secondary N) is 2. The number of aromatic nitrogens is 4. The first-order valence-corrected chi connectivity index (χ1v) is 6.28. The molecule has 0 saturated heterocycles. The number of aromatic amines is 1. The molecule has 6 nitrogen and oxygen atoms in total. The van der Waals surface area contributed by atoms with Gasteiger partial charge in [-0.2, -0.15) is 5.21 Å². The Kier molecular flexibility index (Phi) is 4.06. The highest BCUT2D eigenvalue weighted by Crippen LogP contribution is 2.26. The van der Waals surface area contributed by atoms with E-state index in [1.165, 1.54) is 32.1 Å². The SMILES string of the molecule is CC(NC(=O)CC1CCCCC1)c1nn[nH]n1. The second kappa shape index (κ2) is 5.75. The van der Waals surface area contributed by atoms with Crippen molar-refractivity contribution in [1.82, 2.24) is 25.9 Å². The van der Waals surface area contributed by atoms with Gasteiger partial charge in [0.2, 0.25) is 5.91 Å². The van der Waals surface area contributed by atoms with Crippen LogP contribution in [0.15, 0.2) is 0 Å². The van der Waals surface area contributed by atoms with E-state index in [1.807, 2.05) is 6.92 Å². The zero-order valence-electron chi connectivity index (χ0n) is 10.1. The van der Waals surface area contributed by atoms with Crippen molar-refractivity contribution in [3.8, 4) is 0 Å². The molecular formula is C11H19N5O. The van der Waals surface area contributed by atoms with Gasteiger partial charge in [0.1, 0.15) is 0 Å². The summed E-state index contributed by atoms with van der Waals surface area (Å²) in [6, 6.07) is -0.176. The van der Waals surface area contributed by atoms with E-state index in [2.05, 4.69) is 25.9 Å². The first kappa shape index (κ1) is 12.0. The Morgan fingerprint density at radius 1 is 1.47 bits per heavy atom. The molecule has 1 aliphatic rings. The van der Waals surface area contributed by atoms with Crippen LogP contribution < -0.4 is 5.32 Å². The Bertz CT molecular complexity index is 345. The van der Waals surface area contributed by atoms with E-state index in [9.17, 15) is 4.79 Å². The number of hydrogen-bond donors (Lipinski definition) is 2. The van der Waals surface area contributed by atoms with E-state index in [0.717, 1.165) is 0 Å². The first-order valence-electron chi connectivity index (χ1n) is 6.28. The van der Waals surface area contributed by atoms with Crippen molar-refractivity contribution in [1.29, 1.82) is 0 Å². The molecule has 1 aliphatic carbocycles. The molecule has 6 heteroatoms. The van der Waals surface area contributed by atoms with Crippen molar-refractivity contribution in [2.24, 2.45) is 5.92 Å². The third kappa shape index (κ3) is 3.51. The number of hydrogen-bond acceptors (Lipinski definition) is 4. The molecule has 94 valence electrons. The summed E-state index contributed by atoms with van der Waals surface area (Å²) < 4.78 is 0. The highest BCUT2D eigenvalue weighted by atomic mass is 16.1. The van der Waals surface area contributed by atoms with Gasteiger partial charge in [-0.15, -0.1) is 10.2 Å². The van der Waals surface area contributed by atoms with E-state index < -0.39 is 0 Å². The zero-order chi connectivity index (χ0) is 12.1. The van der Waals surface area contributed by atoms with Crippen LogP contribution in [0.4, 0.5) is 0 Å². The van der Waals surface area contributed by atoms with Crippen LogP contribution in [0.1, 0.15) is 57.3 Å². The lowest BCUT2D eigenvalue weighted by Crippen LogP contribution is -2.29. The molecule has 1 saturated carbocycles. The molecular weight excluding hydrogens is 218 g/mol. The van der Waals surface area contributed by atoms with Crippen LogP contribution in [-0.2, 0) is 4.79 Å². The van der Waals surface area contributed by atoms with Crippen molar-refractivity contribution >= 4 is 5.91 Å². The maximum absolute atomic E-state index is 11.8. The lowest BCUT2D eigenvalue weighted by atomic mass is 9.87. The molecule has 1 amide bonds. The highest BCUT2D eigenvalue weighted by Gasteiger charge is 2.19. The van der Waals surface area contributed by atoms with Gasteiger partial charge >= 0.3 is 0 Å². The molecule has 2 rings (SSSR count). The van der Waals surface area contributed by atoms with Gasteiger partial charge in [0.05, 0.1) is 6.04 Å². The van der Waals surface area contributed by atoms with Crippen molar-refractivity contribution in [2.45, 2.75) is 51.5 Å². The van der Waals surface area contributed by atoms with Crippen LogP contribution in [-0.4, -0.2) is 26.5 Å². The summed E-state index contributed by atoms with van der Waals surface area (Å²) in [6.45, 7) is 1.86. The fraction of sp³-hybridized carbons (Fsp3) is 0.818. The highest BCUT2D eigenvalue weighted by molar-refractivity contribution is 5.76. The zero-order valence-corrected chi connectivity index (χ0v) is 10.1. The molecule has 1 aromatic heterocycles. The normalized spacial score (nSPS) is 18.9. The van der Waals surface area contributed by atoms with Crippen LogP contribution >= 0.6 is 0 Å². The van der Waals surface area contributed by atoms with Crippen LogP contribution in [0.25, 0.3) is 0 Å². The Labute approximate surface area is 101 Å². The Morgan fingerprint density at radius 3 is 2.88 bits per heavy atom. The molecule has 1 atom stereocenters. The molecule has 1 unspecified atom stereocenters. The van der Waals surface area contributed by atoms with Gasteiger partial charge in [0.25, 0.3) is 0 Å². The van der Waals surface area contributed by atoms with E-state index in [4.69, 9.17) is 0 Å². The summed E-state index contributed by atoms with van der Waals surface area (Å²) in [5, 5.41) is 16.5. The van der Waals surface area contributed by atoms with Crippen LogP contribution in [0.5, 0.6) is 0 Å². The number of carbonyl (C=O) groups excluding carboxylic acids is 1. The summed E-state index contributed by atoms with van der Waals surface area (Å²) >= 11 is 0. The summed E-state index contributed by atoms with van der Waals surface area (Å²) in [6.07, 6.45) is 6.84. The monoisotopic (exact) mass is 237 g/mol. The molecule has 1 heterocycles. The Hall–Kier alpha value is -1.46. The summed E-state index contributed by atoms with van der Waals surface area (Å²) in [4.78, 5) is 11.8. The van der Waals surface area contributed by atoms with E-state index in [0.29, 0.717) is 18.2 Å². The van der Waals surface area contributed by atoms with Gasteiger partial charge in [0.15, 0.2) is 5.82 Å². The smallest absolute Gasteiger partial charge is 0.220 e. The number of nitrogens with zero attached hydrogens (tertiary/aromatic N) is 3. The molecule has 0 aromatic carbocycles. The lowest BCUT2D eigenvalue weighted by Gasteiger charge is -2.21. The lowest BCUT2D eigenvalue weighted by molar-refractivity contribution is -0.122. The number of tetrazole rings is 1.